The van der Waals surface area contributed by atoms with E-state index in [0.29, 0.717) is 11.6 Å². The molecule has 0 aliphatic heterocycles. The lowest BCUT2D eigenvalue weighted by atomic mass is 10.5. The van der Waals surface area contributed by atoms with Crippen LogP contribution in [-0.2, 0) is 6.54 Å². The van der Waals surface area contributed by atoms with E-state index in [1.807, 2.05) is 13.0 Å². The van der Waals surface area contributed by atoms with Crippen molar-refractivity contribution in [2.24, 2.45) is 0 Å². The van der Waals surface area contributed by atoms with Gasteiger partial charge in [0, 0.05) is 17.4 Å². The van der Waals surface area contributed by atoms with Crippen LogP contribution in [-0.4, -0.2) is 9.78 Å². The Morgan fingerprint density at radius 2 is 2.55 bits per heavy atom. The fourth-order valence-electron chi connectivity index (χ4n) is 0.742. The molecule has 0 atom stereocenters. The van der Waals surface area contributed by atoms with Gasteiger partial charge in [0.15, 0.2) is 0 Å². The van der Waals surface area contributed by atoms with Crippen LogP contribution in [0.1, 0.15) is 5.69 Å². The van der Waals surface area contributed by atoms with E-state index >= 15 is 0 Å². The van der Waals surface area contributed by atoms with Crippen LogP contribution in [0.3, 0.4) is 0 Å². The molecule has 1 heterocycles. The number of hydrogen-bond donors (Lipinski definition) is 0. The lowest BCUT2D eigenvalue weighted by Crippen LogP contribution is -2.01. The standard InChI is InChI=1S/C7H8Cl2N2/c1-6-2-3-10-11(6)5-7(9)4-8/h2-4H,5H2,1H3. The highest BCUT2D eigenvalue weighted by molar-refractivity contribution is 6.36. The van der Waals surface area contributed by atoms with Gasteiger partial charge in [0.2, 0.25) is 0 Å². The number of aromatic nitrogens is 2. The SMILES string of the molecule is Cc1ccnn1CC(Cl)=CCl. The van der Waals surface area contributed by atoms with Crippen molar-refractivity contribution in [3.8, 4) is 0 Å². The number of aryl methyl sites for hydroxylation is 1. The third-order valence-corrected chi connectivity index (χ3v) is 1.95. The van der Waals surface area contributed by atoms with E-state index in [0.717, 1.165) is 5.69 Å². The minimum atomic E-state index is 0.546. The molecule has 2 nitrogen and oxygen atoms in total. The molecule has 0 bridgehead atoms. The minimum Gasteiger partial charge on any atom is -0.265 e. The van der Waals surface area contributed by atoms with Gasteiger partial charge >= 0.3 is 0 Å². The fraction of sp³-hybridized carbons (Fsp3) is 0.286. The number of rotatable bonds is 2. The quantitative estimate of drug-likeness (QED) is 0.702. The Morgan fingerprint density at radius 3 is 3.00 bits per heavy atom. The molecular formula is C7H8Cl2N2. The Morgan fingerprint density at radius 1 is 1.82 bits per heavy atom. The molecule has 0 unspecified atom stereocenters. The van der Waals surface area contributed by atoms with Crippen molar-refractivity contribution < 1.29 is 0 Å². The third-order valence-electron chi connectivity index (χ3n) is 1.35. The Bertz CT molecular complexity index is 265. The van der Waals surface area contributed by atoms with Crippen LogP contribution in [0, 0.1) is 6.92 Å². The van der Waals surface area contributed by atoms with Crippen molar-refractivity contribution in [2.45, 2.75) is 13.5 Å². The summed E-state index contributed by atoms with van der Waals surface area (Å²) in [5, 5.41) is 4.62. The van der Waals surface area contributed by atoms with E-state index in [1.54, 1.807) is 10.9 Å². The summed E-state index contributed by atoms with van der Waals surface area (Å²) in [5.74, 6) is 0. The first-order chi connectivity index (χ1) is 5.24. The van der Waals surface area contributed by atoms with Gasteiger partial charge in [-0.3, -0.25) is 4.68 Å². The van der Waals surface area contributed by atoms with Gasteiger partial charge in [0.05, 0.1) is 11.6 Å². The Balaban J connectivity index is 2.72. The molecule has 1 aromatic rings. The van der Waals surface area contributed by atoms with Crippen LogP contribution in [0.25, 0.3) is 0 Å². The van der Waals surface area contributed by atoms with Crippen LogP contribution in [0.4, 0.5) is 0 Å². The second-order valence-electron chi connectivity index (χ2n) is 2.19. The molecule has 4 heteroatoms. The molecule has 0 aliphatic carbocycles. The normalized spacial score (nSPS) is 12.1. The van der Waals surface area contributed by atoms with Crippen molar-refractivity contribution in [3.05, 3.63) is 28.5 Å². The molecule has 11 heavy (non-hydrogen) atoms. The van der Waals surface area contributed by atoms with Crippen LogP contribution < -0.4 is 0 Å². The predicted molar refractivity (Wildman–Crippen MR) is 46.8 cm³/mol. The zero-order valence-electron chi connectivity index (χ0n) is 6.09. The van der Waals surface area contributed by atoms with Gasteiger partial charge < -0.3 is 0 Å². The molecule has 0 spiro atoms. The molecule has 0 amide bonds. The van der Waals surface area contributed by atoms with Crippen LogP contribution in [0.5, 0.6) is 0 Å². The summed E-state index contributed by atoms with van der Waals surface area (Å²) < 4.78 is 1.78. The molecule has 0 saturated carbocycles. The highest BCUT2D eigenvalue weighted by Crippen LogP contribution is 2.07. The highest BCUT2D eigenvalue weighted by atomic mass is 35.5. The maximum atomic E-state index is 5.70. The summed E-state index contributed by atoms with van der Waals surface area (Å²) in [5.41, 5.74) is 2.42. The van der Waals surface area contributed by atoms with Crippen molar-refractivity contribution in [1.82, 2.24) is 9.78 Å². The Labute approximate surface area is 75.4 Å². The van der Waals surface area contributed by atoms with E-state index < -0.39 is 0 Å². The molecule has 0 aromatic carbocycles. The average molecular weight is 191 g/mol. The first-order valence-electron chi connectivity index (χ1n) is 3.17. The van der Waals surface area contributed by atoms with Crippen LogP contribution in [0.2, 0.25) is 0 Å². The number of hydrogen-bond acceptors (Lipinski definition) is 1. The van der Waals surface area contributed by atoms with Gasteiger partial charge in [0.1, 0.15) is 0 Å². The second-order valence-corrected chi connectivity index (χ2v) is 2.89. The summed E-state index contributed by atoms with van der Waals surface area (Å²) >= 11 is 11.1. The van der Waals surface area contributed by atoms with Crippen molar-refractivity contribution in [2.75, 3.05) is 0 Å². The maximum Gasteiger partial charge on any atom is 0.0777 e. The number of allylic oxidation sites excluding steroid dienone is 1. The van der Waals surface area contributed by atoms with E-state index in [-0.39, 0.29) is 0 Å². The molecule has 0 aliphatic rings. The first kappa shape index (κ1) is 8.62. The van der Waals surface area contributed by atoms with Crippen LogP contribution in [0.15, 0.2) is 22.8 Å². The van der Waals surface area contributed by atoms with Gasteiger partial charge in [-0.1, -0.05) is 23.2 Å². The summed E-state index contributed by atoms with van der Waals surface area (Å²) in [6.45, 7) is 2.51. The van der Waals surface area contributed by atoms with Gasteiger partial charge in [-0.2, -0.15) is 5.10 Å². The first-order valence-corrected chi connectivity index (χ1v) is 3.98. The highest BCUT2D eigenvalue weighted by Gasteiger charge is 1.97. The molecule has 1 aromatic heterocycles. The third kappa shape index (κ3) is 2.24. The van der Waals surface area contributed by atoms with Gasteiger partial charge in [-0.15, -0.1) is 0 Å². The molecule has 0 radical (unpaired) electrons. The summed E-state index contributed by atoms with van der Waals surface area (Å²) in [6, 6.07) is 1.92. The zero-order valence-corrected chi connectivity index (χ0v) is 7.60. The smallest absolute Gasteiger partial charge is 0.0777 e. The van der Waals surface area contributed by atoms with E-state index in [4.69, 9.17) is 23.2 Å². The molecule has 0 fully saturated rings. The Kier molecular flexibility index (Phi) is 2.97. The predicted octanol–water partition coefficient (Wildman–Crippen LogP) is 2.51. The maximum absolute atomic E-state index is 5.70. The van der Waals surface area contributed by atoms with E-state index in [9.17, 15) is 0 Å². The van der Waals surface area contributed by atoms with Gasteiger partial charge in [0.25, 0.3) is 0 Å². The summed E-state index contributed by atoms with van der Waals surface area (Å²) in [6.07, 6.45) is 1.73. The van der Waals surface area contributed by atoms with Crippen molar-refractivity contribution in [3.63, 3.8) is 0 Å². The number of halogens is 2. The minimum absolute atomic E-state index is 0.546. The molecule has 60 valence electrons. The van der Waals surface area contributed by atoms with Gasteiger partial charge in [-0.25, -0.2) is 0 Å². The lowest BCUT2D eigenvalue weighted by molar-refractivity contribution is 0.672. The van der Waals surface area contributed by atoms with Gasteiger partial charge in [-0.05, 0) is 13.0 Å². The molecule has 0 saturated heterocycles. The zero-order chi connectivity index (χ0) is 8.27. The fourth-order valence-corrected chi connectivity index (χ4v) is 0.924. The summed E-state index contributed by atoms with van der Waals surface area (Å²) in [7, 11) is 0. The van der Waals surface area contributed by atoms with Crippen molar-refractivity contribution in [1.29, 1.82) is 0 Å². The van der Waals surface area contributed by atoms with Crippen LogP contribution >= 0.6 is 23.2 Å². The summed E-state index contributed by atoms with van der Waals surface area (Å²) in [4.78, 5) is 0. The van der Waals surface area contributed by atoms with E-state index in [1.165, 1.54) is 5.54 Å². The monoisotopic (exact) mass is 190 g/mol. The molecule has 0 N–H and O–H groups in total. The average Bonchev–Trinajstić information content (AvgIpc) is 2.37. The largest absolute Gasteiger partial charge is 0.265 e. The van der Waals surface area contributed by atoms with E-state index in [2.05, 4.69) is 5.10 Å². The lowest BCUT2D eigenvalue weighted by Gasteiger charge is -2.00. The second kappa shape index (κ2) is 3.79. The topological polar surface area (TPSA) is 17.8 Å². The molecule has 1 rings (SSSR count). The Hall–Kier alpha value is -0.470. The number of nitrogens with zero attached hydrogens (tertiary/aromatic N) is 2. The van der Waals surface area contributed by atoms with Crippen molar-refractivity contribution >= 4 is 23.2 Å². The molecular weight excluding hydrogens is 183 g/mol.